The van der Waals surface area contributed by atoms with Crippen molar-refractivity contribution in [2.24, 2.45) is 0 Å². The predicted molar refractivity (Wildman–Crippen MR) is 86.4 cm³/mol. The maximum Gasteiger partial charge on any atom is 0.267 e. The fourth-order valence-electron chi connectivity index (χ4n) is 3.32. The van der Waals surface area contributed by atoms with Crippen LogP contribution >= 0.6 is 0 Å². The molecule has 0 saturated carbocycles. The first-order chi connectivity index (χ1) is 11.1. The van der Waals surface area contributed by atoms with Gasteiger partial charge >= 0.3 is 0 Å². The lowest BCUT2D eigenvalue weighted by Gasteiger charge is -2.32. The Bertz CT molecular complexity index is 734. The zero-order valence-electron chi connectivity index (χ0n) is 13.6. The minimum atomic E-state index is -0.198. The van der Waals surface area contributed by atoms with E-state index in [1.807, 2.05) is 11.1 Å². The van der Waals surface area contributed by atoms with Crippen molar-refractivity contribution in [3.05, 3.63) is 39.1 Å². The molecule has 2 aromatic rings. The number of amides is 1. The summed E-state index contributed by atoms with van der Waals surface area (Å²) in [5.41, 5.74) is 3.57. The molecule has 0 radical (unpaired) electrons. The van der Waals surface area contributed by atoms with E-state index in [1.165, 1.54) is 11.3 Å². The first-order valence-electron chi connectivity index (χ1n) is 8.16. The minimum Gasteiger partial charge on any atom is -0.342 e. The van der Waals surface area contributed by atoms with Gasteiger partial charge in [-0.05, 0) is 31.7 Å². The maximum atomic E-state index is 12.4. The number of nitrogens with zero attached hydrogens (tertiary/aromatic N) is 2. The number of aromatic amines is 3. The van der Waals surface area contributed by atoms with E-state index < -0.39 is 0 Å². The van der Waals surface area contributed by atoms with Crippen LogP contribution in [-0.2, 0) is 17.6 Å². The highest BCUT2D eigenvalue weighted by molar-refractivity contribution is 5.79. The molecule has 1 fully saturated rings. The molecule has 0 atom stereocenters. The fraction of sp³-hybridized carbons (Fsp3) is 0.562. The van der Waals surface area contributed by atoms with Gasteiger partial charge in [0.05, 0.1) is 12.6 Å². The van der Waals surface area contributed by atoms with Crippen LogP contribution in [0.3, 0.4) is 0 Å². The Morgan fingerprint density at radius 2 is 2.09 bits per heavy atom. The van der Waals surface area contributed by atoms with Gasteiger partial charge in [0.2, 0.25) is 5.91 Å². The molecule has 7 nitrogen and oxygen atoms in total. The molecule has 1 amide bonds. The first kappa shape index (κ1) is 15.6. The van der Waals surface area contributed by atoms with Gasteiger partial charge in [0.25, 0.3) is 5.56 Å². The second kappa shape index (κ2) is 6.44. The maximum absolute atomic E-state index is 12.4. The van der Waals surface area contributed by atoms with Crippen LogP contribution in [0.15, 0.2) is 11.0 Å². The summed E-state index contributed by atoms with van der Waals surface area (Å²) < 4.78 is 0. The van der Waals surface area contributed by atoms with Crippen LogP contribution in [0, 0.1) is 6.92 Å². The van der Waals surface area contributed by atoms with E-state index in [-0.39, 0.29) is 17.9 Å². The van der Waals surface area contributed by atoms with E-state index >= 15 is 0 Å². The Labute approximate surface area is 134 Å². The van der Waals surface area contributed by atoms with Gasteiger partial charge in [-0.25, -0.2) is 0 Å². The Morgan fingerprint density at radius 1 is 1.35 bits per heavy atom. The zero-order valence-corrected chi connectivity index (χ0v) is 13.6. The normalized spacial score (nSPS) is 16.0. The highest BCUT2D eigenvalue weighted by Gasteiger charge is 2.26. The third-order valence-corrected chi connectivity index (χ3v) is 4.81. The molecule has 1 aliphatic heterocycles. The van der Waals surface area contributed by atoms with Crippen molar-refractivity contribution >= 4 is 5.91 Å². The van der Waals surface area contributed by atoms with Crippen molar-refractivity contribution in [2.75, 3.05) is 13.1 Å². The van der Waals surface area contributed by atoms with Gasteiger partial charge in [0, 0.05) is 36.0 Å². The number of likely N-dealkylation sites (tertiary alicyclic amines) is 1. The summed E-state index contributed by atoms with van der Waals surface area (Å²) in [5, 5.41) is 12.5. The predicted octanol–water partition coefficient (Wildman–Crippen LogP) is 1.25. The third kappa shape index (κ3) is 3.09. The molecule has 0 unspecified atom stereocenters. The molecule has 23 heavy (non-hydrogen) atoms. The molecule has 0 aliphatic carbocycles. The van der Waals surface area contributed by atoms with Gasteiger partial charge in [0.15, 0.2) is 0 Å². The minimum absolute atomic E-state index is 0.0250. The van der Waals surface area contributed by atoms with Gasteiger partial charge < -0.3 is 10.00 Å². The van der Waals surface area contributed by atoms with Gasteiger partial charge in [-0.3, -0.25) is 19.8 Å². The lowest BCUT2D eigenvalue weighted by Crippen LogP contribution is -2.39. The second-order valence-corrected chi connectivity index (χ2v) is 6.18. The van der Waals surface area contributed by atoms with E-state index in [1.54, 1.807) is 6.92 Å². The molecule has 1 saturated heterocycles. The molecule has 7 heteroatoms. The van der Waals surface area contributed by atoms with Gasteiger partial charge in [-0.2, -0.15) is 5.10 Å². The molecule has 2 aromatic heterocycles. The summed E-state index contributed by atoms with van der Waals surface area (Å²) in [5.74, 6) is 0.464. The zero-order chi connectivity index (χ0) is 16.4. The summed E-state index contributed by atoms with van der Waals surface area (Å²) in [4.78, 5) is 26.0. The quantitative estimate of drug-likeness (QED) is 0.791. The Hall–Kier alpha value is -2.31. The second-order valence-electron chi connectivity index (χ2n) is 6.18. The molecule has 3 N–H and O–H groups in total. The van der Waals surface area contributed by atoms with Crippen LogP contribution < -0.4 is 5.56 Å². The van der Waals surface area contributed by atoms with Crippen molar-refractivity contribution in [2.45, 2.75) is 45.4 Å². The number of aryl methyl sites for hydroxylation is 2. The monoisotopic (exact) mass is 317 g/mol. The smallest absolute Gasteiger partial charge is 0.267 e. The fourth-order valence-corrected chi connectivity index (χ4v) is 3.32. The lowest BCUT2D eigenvalue weighted by atomic mass is 9.90. The van der Waals surface area contributed by atoms with E-state index in [0.29, 0.717) is 11.5 Å². The van der Waals surface area contributed by atoms with E-state index in [4.69, 9.17) is 0 Å². The molecule has 0 aromatic carbocycles. The molecule has 3 heterocycles. The van der Waals surface area contributed by atoms with Crippen LogP contribution in [0.5, 0.6) is 0 Å². The van der Waals surface area contributed by atoms with E-state index in [9.17, 15) is 9.59 Å². The Kier molecular flexibility index (Phi) is 4.36. The van der Waals surface area contributed by atoms with Gasteiger partial charge in [-0.15, -0.1) is 0 Å². The van der Waals surface area contributed by atoms with Crippen molar-refractivity contribution in [1.82, 2.24) is 25.3 Å². The van der Waals surface area contributed by atoms with E-state index in [0.717, 1.165) is 38.0 Å². The number of piperidine rings is 1. The number of hydrogen-bond acceptors (Lipinski definition) is 3. The number of aromatic nitrogens is 4. The number of nitrogens with one attached hydrogen (secondary N) is 3. The van der Waals surface area contributed by atoms with Crippen molar-refractivity contribution in [3.63, 3.8) is 0 Å². The average molecular weight is 317 g/mol. The summed E-state index contributed by atoms with van der Waals surface area (Å²) in [6.45, 7) is 5.39. The van der Waals surface area contributed by atoms with Crippen molar-refractivity contribution < 1.29 is 4.79 Å². The lowest BCUT2D eigenvalue weighted by molar-refractivity contribution is -0.131. The highest BCUT2D eigenvalue weighted by Crippen LogP contribution is 2.29. The number of rotatable bonds is 4. The van der Waals surface area contributed by atoms with Crippen LogP contribution in [0.4, 0.5) is 0 Å². The van der Waals surface area contributed by atoms with Crippen LogP contribution in [0.2, 0.25) is 0 Å². The van der Waals surface area contributed by atoms with Crippen LogP contribution in [0.25, 0.3) is 0 Å². The number of carbonyl (C=O) groups is 1. The average Bonchev–Trinajstić information content (AvgIpc) is 3.16. The molecule has 0 spiro atoms. The largest absolute Gasteiger partial charge is 0.342 e. The van der Waals surface area contributed by atoms with E-state index in [2.05, 4.69) is 27.3 Å². The van der Waals surface area contributed by atoms with Crippen LogP contribution in [-0.4, -0.2) is 44.3 Å². The van der Waals surface area contributed by atoms with Crippen molar-refractivity contribution in [3.8, 4) is 0 Å². The SMILES string of the molecule is CCc1cn[nH]c1C1CCN(C(=O)Cc2c(C)[nH][nH]c2=O)CC1. The molecular weight excluding hydrogens is 294 g/mol. The summed E-state index contributed by atoms with van der Waals surface area (Å²) in [6.07, 6.45) is 4.90. The number of carbonyl (C=O) groups excluding carboxylic acids is 1. The molecule has 0 bridgehead atoms. The molecular formula is C16H23N5O2. The van der Waals surface area contributed by atoms with Crippen molar-refractivity contribution in [1.29, 1.82) is 0 Å². The third-order valence-electron chi connectivity index (χ3n) is 4.81. The standard InChI is InChI=1S/C16H23N5O2/c1-3-11-9-17-19-15(11)12-4-6-21(7-5-12)14(22)8-13-10(2)18-20-16(13)23/h9,12H,3-8H2,1-2H3,(H,17,19)(H2,18,20,23). The first-order valence-corrected chi connectivity index (χ1v) is 8.16. The Balaban J connectivity index is 1.60. The summed E-state index contributed by atoms with van der Waals surface area (Å²) in [6, 6.07) is 0. The summed E-state index contributed by atoms with van der Waals surface area (Å²) >= 11 is 0. The molecule has 1 aliphatic rings. The number of hydrogen-bond donors (Lipinski definition) is 3. The van der Waals surface area contributed by atoms with Gasteiger partial charge in [0.1, 0.15) is 0 Å². The molecule has 124 valence electrons. The summed E-state index contributed by atoms with van der Waals surface area (Å²) in [7, 11) is 0. The number of H-pyrrole nitrogens is 3. The van der Waals surface area contributed by atoms with Crippen LogP contribution in [0.1, 0.15) is 48.2 Å². The Morgan fingerprint density at radius 3 is 2.70 bits per heavy atom. The molecule has 3 rings (SSSR count). The topological polar surface area (TPSA) is 97.6 Å². The van der Waals surface area contributed by atoms with Gasteiger partial charge in [-0.1, -0.05) is 6.92 Å². The highest BCUT2D eigenvalue weighted by atomic mass is 16.2.